The van der Waals surface area contributed by atoms with Crippen molar-refractivity contribution in [3.63, 3.8) is 0 Å². The molecule has 0 saturated carbocycles. The number of sulfonamides is 1. The third-order valence-electron chi connectivity index (χ3n) is 2.06. The largest absolute Gasteiger partial charge is 0.416 e. The fourth-order valence-corrected chi connectivity index (χ4v) is 2.26. The van der Waals surface area contributed by atoms with Crippen LogP contribution in [0, 0.1) is 0 Å². The molecule has 4 nitrogen and oxygen atoms in total. The van der Waals surface area contributed by atoms with Gasteiger partial charge >= 0.3 is 6.18 Å². The van der Waals surface area contributed by atoms with E-state index in [2.05, 4.69) is 4.72 Å². The van der Waals surface area contributed by atoms with Crippen molar-refractivity contribution in [1.82, 2.24) is 4.72 Å². The second-order valence-corrected chi connectivity index (χ2v) is 5.49. The van der Waals surface area contributed by atoms with E-state index in [-0.39, 0.29) is 11.4 Å². The maximum absolute atomic E-state index is 12.3. The van der Waals surface area contributed by atoms with Crippen LogP contribution in [0.2, 0.25) is 0 Å². The van der Waals surface area contributed by atoms with Crippen molar-refractivity contribution in [2.75, 3.05) is 6.54 Å². The topological polar surface area (TPSA) is 66.4 Å². The SMILES string of the molecule is CC(O)CNS(=O)(=O)c1ccc(C(F)(F)F)cc1. The van der Waals surface area contributed by atoms with Gasteiger partial charge in [-0.2, -0.15) is 13.2 Å². The molecule has 2 N–H and O–H groups in total. The Balaban J connectivity index is 2.91. The molecule has 102 valence electrons. The smallest absolute Gasteiger partial charge is 0.392 e. The molecule has 8 heteroatoms. The minimum atomic E-state index is -4.50. The Morgan fingerprint density at radius 1 is 1.28 bits per heavy atom. The Hall–Kier alpha value is -1.12. The van der Waals surface area contributed by atoms with Crippen molar-refractivity contribution in [1.29, 1.82) is 0 Å². The van der Waals surface area contributed by atoms with Crippen LogP contribution >= 0.6 is 0 Å². The zero-order valence-corrected chi connectivity index (χ0v) is 10.2. The Bertz CT molecular complexity index is 494. The highest BCUT2D eigenvalue weighted by Crippen LogP contribution is 2.29. The molecule has 0 spiro atoms. The van der Waals surface area contributed by atoms with Crippen molar-refractivity contribution >= 4 is 10.0 Å². The van der Waals surface area contributed by atoms with Gasteiger partial charge in [0.15, 0.2) is 0 Å². The highest BCUT2D eigenvalue weighted by atomic mass is 32.2. The van der Waals surface area contributed by atoms with Gasteiger partial charge in [0.2, 0.25) is 10.0 Å². The first-order valence-electron chi connectivity index (χ1n) is 4.98. The molecule has 0 heterocycles. The first-order chi connectivity index (χ1) is 8.13. The summed E-state index contributed by atoms with van der Waals surface area (Å²) >= 11 is 0. The Morgan fingerprint density at radius 2 is 1.78 bits per heavy atom. The zero-order chi connectivity index (χ0) is 14.0. The lowest BCUT2D eigenvalue weighted by molar-refractivity contribution is -0.137. The summed E-state index contributed by atoms with van der Waals surface area (Å²) in [5.74, 6) is 0. The number of rotatable bonds is 4. The molecule has 0 aliphatic heterocycles. The zero-order valence-electron chi connectivity index (χ0n) is 9.40. The van der Waals surface area contributed by atoms with Crippen LogP contribution in [0.25, 0.3) is 0 Å². The number of aliphatic hydroxyl groups excluding tert-OH is 1. The summed E-state index contributed by atoms with van der Waals surface area (Å²) in [6, 6.07) is 3.12. The predicted octanol–water partition coefficient (Wildman–Crippen LogP) is 1.36. The molecule has 0 aliphatic carbocycles. The summed E-state index contributed by atoms with van der Waals surface area (Å²) in [7, 11) is -3.89. The number of alkyl halides is 3. The molecule has 1 atom stereocenters. The summed E-state index contributed by atoms with van der Waals surface area (Å²) in [4.78, 5) is -0.281. The van der Waals surface area contributed by atoms with E-state index in [4.69, 9.17) is 5.11 Å². The van der Waals surface area contributed by atoms with E-state index < -0.39 is 27.9 Å². The van der Waals surface area contributed by atoms with Crippen LogP contribution in [-0.2, 0) is 16.2 Å². The molecule has 1 aromatic carbocycles. The second kappa shape index (κ2) is 5.25. The van der Waals surface area contributed by atoms with Crippen LogP contribution in [0.5, 0.6) is 0 Å². The highest BCUT2D eigenvalue weighted by Gasteiger charge is 2.30. The minimum absolute atomic E-state index is 0.205. The molecule has 0 aromatic heterocycles. The second-order valence-electron chi connectivity index (χ2n) is 3.72. The Morgan fingerprint density at radius 3 is 2.17 bits per heavy atom. The van der Waals surface area contributed by atoms with Crippen LogP contribution in [0.4, 0.5) is 13.2 Å². The van der Waals surface area contributed by atoms with Crippen LogP contribution in [0.1, 0.15) is 12.5 Å². The maximum Gasteiger partial charge on any atom is 0.416 e. The van der Waals surface area contributed by atoms with Gasteiger partial charge in [-0.25, -0.2) is 13.1 Å². The molecule has 0 radical (unpaired) electrons. The number of benzene rings is 1. The Kier molecular flexibility index (Phi) is 4.36. The standard InChI is InChI=1S/C10H12F3NO3S/c1-7(15)6-14-18(16,17)9-4-2-8(3-5-9)10(11,12)13/h2-5,7,14-15H,6H2,1H3. The van der Waals surface area contributed by atoms with Crippen molar-refractivity contribution in [2.45, 2.75) is 24.1 Å². The molecule has 1 rings (SSSR count). The van der Waals surface area contributed by atoms with E-state index in [0.717, 1.165) is 12.1 Å². The van der Waals surface area contributed by atoms with E-state index in [0.29, 0.717) is 12.1 Å². The lowest BCUT2D eigenvalue weighted by Crippen LogP contribution is -2.30. The molecule has 0 amide bonds. The maximum atomic E-state index is 12.3. The van der Waals surface area contributed by atoms with E-state index in [1.54, 1.807) is 0 Å². The summed E-state index contributed by atoms with van der Waals surface area (Å²) in [5, 5.41) is 8.94. The van der Waals surface area contributed by atoms with Gasteiger partial charge in [-0.15, -0.1) is 0 Å². The lowest BCUT2D eigenvalue weighted by atomic mass is 10.2. The van der Waals surface area contributed by atoms with Crippen molar-refractivity contribution in [2.24, 2.45) is 0 Å². The van der Waals surface area contributed by atoms with Crippen molar-refractivity contribution < 1.29 is 26.7 Å². The number of aliphatic hydroxyl groups is 1. The fourth-order valence-electron chi connectivity index (χ4n) is 1.14. The van der Waals surface area contributed by atoms with Gasteiger partial charge in [0, 0.05) is 6.54 Å². The normalized spacial score (nSPS) is 14.5. The van der Waals surface area contributed by atoms with Gasteiger partial charge in [0.05, 0.1) is 16.6 Å². The summed E-state index contributed by atoms with van der Waals surface area (Å²) in [6.07, 6.45) is -5.38. The average Bonchev–Trinajstić information content (AvgIpc) is 2.26. The molecule has 0 aliphatic rings. The number of hydrogen-bond acceptors (Lipinski definition) is 3. The third-order valence-corrected chi connectivity index (χ3v) is 3.50. The van der Waals surface area contributed by atoms with Gasteiger partial charge in [0.1, 0.15) is 0 Å². The number of hydrogen-bond donors (Lipinski definition) is 2. The highest BCUT2D eigenvalue weighted by molar-refractivity contribution is 7.89. The van der Waals surface area contributed by atoms with Gasteiger partial charge in [0.25, 0.3) is 0 Å². The first-order valence-corrected chi connectivity index (χ1v) is 6.46. The van der Waals surface area contributed by atoms with Crippen LogP contribution in [0.3, 0.4) is 0 Å². The van der Waals surface area contributed by atoms with Crippen molar-refractivity contribution in [3.05, 3.63) is 29.8 Å². The van der Waals surface area contributed by atoms with Gasteiger partial charge in [-0.3, -0.25) is 0 Å². The molecular weight excluding hydrogens is 271 g/mol. The average molecular weight is 283 g/mol. The molecule has 0 fully saturated rings. The number of halogens is 3. The van der Waals surface area contributed by atoms with E-state index in [1.165, 1.54) is 6.92 Å². The molecule has 0 saturated heterocycles. The van der Waals surface area contributed by atoms with Crippen LogP contribution in [0.15, 0.2) is 29.2 Å². The Labute approximate surface area is 102 Å². The number of nitrogens with one attached hydrogen (secondary N) is 1. The predicted molar refractivity (Wildman–Crippen MR) is 58.3 cm³/mol. The fraction of sp³-hybridized carbons (Fsp3) is 0.400. The molecule has 0 bridgehead atoms. The van der Waals surface area contributed by atoms with Crippen LogP contribution < -0.4 is 4.72 Å². The van der Waals surface area contributed by atoms with E-state index >= 15 is 0 Å². The monoisotopic (exact) mass is 283 g/mol. The first kappa shape index (κ1) is 14.9. The van der Waals surface area contributed by atoms with Gasteiger partial charge < -0.3 is 5.11 Å². The van der Waals surface area contributed by atoms with Gasteiger partial charge in [-0.05, 0) is 31.2 Å². The summed E-state index contributed by atoms with van der Waals surface area (Å²) in [6.45, 7) is 1.18. The van der Waals surface area contributed by atoms with E-state index in [9.17, 15) is 21.6 Å². The molecule has 1 unspecified atom stereocenters. The van der Waals surface area contributed by atoms with E-state index in [1.807, 2.05) is 0 Å². The minimum Gasteiger partial charge on any atom is -0.392 e. The molecule has 18 heavy (non-hydrogen) atoms. The summed E-state index contributed by atoms with van der Waals surface area (Å²) < 4.78 is 62.1. The third kappa shape index (κ3) is 3.97. The van der Waals surface area contributed by atoms with Crippen molar-refractivity contribution in [3.8, 4) is 0 Å². The molecular formula is C10H12F3NO3S. The lowest BCUT2D eigenvalue weighted by Gasteiger charge is -2.10. The van der Waals surface area contributed by atoms with Crippen LogP contribution in [-0.4, -0.2) is 26.2 Å². The summed E-state index contributed by atoms with van der Waals surface area (Å²) in [5.41, 5.74) is -0.919. The molecule has 1 aromatic rings. The van der Waals surface area contributed by atoms with Gasteiger partial charge in [-0.1, -0.05) is 0 Å². The quantitative estimate of drug-likeness (QED) is 0.877.